The van der Waals surface area contributed by atoms with Crippen LogP contribution in [0.4, 0.5) is 0 Å². The topological polar surface area (TPSA) is 204 Å². The van der Waals surface area contributed by atoms with Gasteiger partial charge in [-0.3, -0.25) is 23.4 Å². The van der Waals surface area contributed by atoms with Crippen molar-refractivity contribution in [2.24, 2.45) is 62.6 Å². The summed E-state index contributed by atoms with van der Waals surface area (Å²) in [5.74, 6) is 2.92. The van der Waals surface area contributed by atoms with E-state index in [0.717, 1.165) is 82.0 Å². The first-order chi connectivity index (χ1) is 37.4. The fourth-order valence-electron chi connectivity index (χ4n) is 15.9. The maximum atomic E-state index is 12.7. The molecule has 1 N–H and O–H groups in total. The molecule has 9 saturated carbocycles. The summed E-state index contributed by atoms with van der Waals surface area (Å²) in [7, 11) is -3.66. The zero-order chi connectivity index (χ0) is 60.3. The van der Waals surface area contributed by atoms with Gasteiger partial charge in [0, 0.05) is 11.8 Å². The molecule has 3 aliphatic heterocycles. The molecule has 9 aliphatic carbocycles. The SMILES string of the molecule is CCC(C)(C)C(=O)OC(C)(CC)C12CC3CC(CC(C3)C1)C2.CCC(C)(C)C(=O)OC(C)C(=O)OC1C2CC3C(O2)C1OS3(=O)=O.CCC(C)(C)C(=O)OC1(C(C)C)CCCC1.CCC(C)(C)C(=O)OC12CC3CC(CC(O)(C3)C1)C2. The van der Waals surface area contributed by atoms with E-state index in [4.69, 9.17) is 32.6 Å². The zero-order valence-corrected chi connectivity index (χ0v) is 53.9. The van der Waals surface area contributed by atoms with Crippen molar-refractivity contribution in [1.29, 1.82) is 0 Å². The molecule has 81 heavy (non-hydrogen) atoms. The Morgan fingerprint density at radius 3 is 1.49 bits per heavy atom. The van der Waals surface area contributed by atoms with Crippen molar-refractivity contribution in [3.63, 3.8) is 0 Å². The number of hydrogen-bond donors (Lipinski definition) is 1. The van der Waals surface area contributed by atoms with Crippen LogP contribution in [0.1, 0.15) is 259 Å². The Balaban J connectivity index is 0.000000157. The number of aliphatic hydroxyl groups is 1. The van der Waals surface area contributed by atoms with Crippen molar-refractivity contribution in [1.82, 2.24) is 0 Å². The van der Waals surface area contributed by atoms with E-state index in [1.807, 2.05) is 62.3 Å². The molecule has 3 heterocycles. The van der Waals surface area contributed by atoms with Crippen LogP contribution in [0, 0.1) is 62.6 Å². The van der Waals surface area contributed by atoms with Crippen LogP contribution in [0.25, 0.3) is 0 Å². The van der Waals surface area contributed by atoms with Crippen molar-refractivity contribution >= 4 is 40.0 Å². The van der Waals surface area contributed by atoms with E-state index in [9.17, 15) is 37.5 Å². The van der Waals surface area contributed by atoms with Crippen LogP contribution in [-0.2, 0) is 66.7 Å². The minimum absolute atomic E-state index is 0.00935. The summed E-state index contributed by atoms with van der Waals surface area (Å²) < 4.78 is 62.9. The molecule has 0 aromatic rings. The molecule has 12 rings (SSSR count). The maximum absolute atomic E-state index is 12.7. The normalized spacial score (nSPS) is 36.2. The van der Waals surface area contributed by atoms with E-state index in [1.54, 1.807) is 13.8 Å². The minimum Gasteiger partial charge on any atom is -0.459 e. The van der Waals surface area contributed by atoms with Crippen LogP contribution in [0.5, 0.6) is 0 Å². The Hall–Kier alpha value is -2.82. The zero-order valence-electron chi connectivity index (χ0n) is 53.1. The molecule has 3 saturated heterocycles. The Morgan fingerprint density at radius 1 is 0.580 bits per heavy atom. The van der Waals surface area contributed by atoms with Crippen LogP contribution in [0.2, 0.25) is 0 Å². The molecule has 12 aliphatic rings. The third kappa shape index (κ3) is 13.6. The molecule has 10 bridgehead atoms. The van der Waals surface area contributed by atoms with Crippen LogP contribution in [0.15, 0.2) is 0 Å². The fourth-order valence-corrected chi connectivity index (χ4v) is 17.5. The predicted octanol–water partition coefficient (Wildman–Crippen LogP) is 12.9. The molecule has 16 heteroatoms. The van der Waals surface area contributed by atoms with E-state index in [1.165, 1.54) is 64.7 Å². The second-order valence-electron chi connectivity index (χ2n) is 30.6. The lowest BCUT2D eigenvalue weighted by Crippen LogP contribution is -2.61. The smallest absolute Gasteiger partial charge is 0.347 e. The molecule has 15 nitrogen and oxygen atoms in total. The lowest BCUT2D eigenvalue weighted by Gasteiger charge is -2.62. The summed E-state index contributed by atoms with van der Waals surface area (Å²) >= 11 is 0. The third-order valence-electron chi connectivity index (χ3n) is 22.6. The van der Waals surface area contributed by atoms with Crippen molar-refractivity contribution in [2.75, 3.05) is 0 Å². The number of hydrogen-bond acceptors (Lipinski definition) is 15. The van der Waals surface area contributed by atoms with Gasteiger partial charge in [0.15, 0.2) is 12.2 Å². The quantitative estimate of drug-likeness (QED) is 0.0817. The van der Waals surface area contributed by atoms with Crippen molar-refractivity contribution in [2.45, 2.75) is 317 Å². The predicted molar refractivity (Wildman–Crippen MR) is 309 cm³/mol. The van der Waals surface area contributed by atoms with Crippen LogP contribution in [-0.4, -0.2) is 102 Å². The molecule has 464 valence electrons. The summed E-state index contributed by atoms with van der Waals surface area (Å²) in [4.78, 5) is 61.5. The second kappa shape index (κ2) is 23.8. The number of carbonyl (C=O) groups is 5. The first-order valence-electron chi connectivity index (χ1n) is 31.8. The first kappa shape index (κ1) is 65.7. The van der Waals surface area contributed by atoms with Gasteiger partial charge in [0.1, 0.15) is 34.3 Å². The summed E-state index contributed by atoms with van der Waals surface area (Å²) in [6, 6.07) is 0. The Labute approximate surface area is 487 Å². The highest BCUT2D eigenvalue weighted by Gasteiger charge is 2.68. The molecule has 9 atom stereocenters. The number of rotatable bonds is 17. The van der Waals surface area contributed by atoms with E-state index in [0.29, 0.717) is 30.6 Å². The van der Waals surface area contributed by atoms with Crippen LogP contribution >= 0.6 is 0 Å². The highest BCUT2D eigenvalue weighted by Crippen LogP contribution is 2.65. The molecule has 12 fully saturated rings. The number of ether oxygens (including phenoxy) is 6. The minimum atomic E-state index is -3.66. The van der Waals surface area contributed by atoms with Gasteiger partial charge in [0.25, 0.3) is 10.1 Å². The molecule has 0 aromatic heterocycles. The third-order valence-corrected chi connectivity index (χ3v) is 24.3. The maximum Gasteiger partial charge on any atom is 0.347 e. The number of fused-ring (bicyclic) bond motifs is 1. The van der Waals surface area contributed by atoms with Crippen molar-refractivity contribution in [3.8, 4) is 0 Å². The van der Waals surface area contributed by atoms with Gasteiger partial charge in [-0.1, -0.05) is 48.5 Å². The standard InChI is InChI=1S/C20H34O2.C16H26O3.C15H22O8S.C14H26O2/c1-6-18(3,4)17(21)22-19(5,7-2)20-11-14-8-15(12-20)10-16(9-14)13-20;1-4-14(2,3)13(17)19-16-8-11-5-12(9-16)7-15(18,6-11)10-16;1-5-15(3,4)14(17)20-7(2)13(16)22-10-8-6-9-11(21-8)12(10)23-24(9,18)19;1-6-13(4,5)12(15)16-14(11(2)3)9-7-8-10-14/h14-16H,6-13H2,1-5H3;11-12,18H,4-10H2,1-3H3;7-12H,5-6H2,1-4H3;11H,6-10H2,1-5H3. The first-order valence-corrected chi connectivity index (χ1v) is 33.3. The summed E-state index contributed by atoms with van der Waals surface area (Å²) in [5, 5.41) is 9.97. The molecular weight excluding hydrogens is 1050 g/mol. The highest BCUT2D eigenvalue weighted by atomic mass is 32.2. The van der Waals surface area contributed by atoms with Gasteiger partial charge >= 0.3 is 29.8 Å². The summed E-state index contributed by atoms with van der Waals surface area (Å²) in [6.07, 6.45) is 18.8. The number of esters is 5. The second-order valence-corrected chi connectivity index (χ2v) is 32.4. The molecule has 0 spiro atoms. The van der Waals surface area contributed by atoms with E-state index < -0.39 is 74.3 Å². The van der Waals surface area contributed by atoms with Gasteiger partial charge in [-0.05, 0) is 240 Å². The van der Waals surface area contributed by atoms with Crippen molar-refractivity contribution in [3.05, 3.63) is 0 Å². The van der Waals surface area contributed by atoms with Crippen LogP contribution in [0.3, 0.4) is 0 Å². The highest BCUT2D eigenvalue weighted by molar-refractivity contribution is 7.87. The monoisotopic (exact) mass is 1160 g/mol. The van der Waals surface area contributed by atoms with E-state index >= 15 is 0 Å². The fraction of sp³-hybridized carbons (Fsp3) is 0.923. The van der Waals surface area contributed by atoms with Crippen molar-refractivity contribution < 1.29 is 70.1 Å². The molecule has 0 radical (unpaired) electrons. The Morgan fingerprint density at radius 2 is 1.04 bits per heavy atom. The Bertz CT molecular complexity index is 2350. The van der Waals surface area contributed by atoms with E-state index in [2.05, 4.69) is 34.6 Å². The molecule has 0 aromatic carbocycles. The average molecular weight is 1160 g/mol. The Kier molecular flexibility index (Phi) is 19.3. The number of carbonyl (C=O) groups excluding carboxylic acids is 5. The van der Waals surface area contributed by atoms with Crippen LogP contribution < -0.4 is 0 Å². The summed E-state index contributed by atoms with van der Waals surface area (Å²) in [5.41, 5.74) is -2.91. The van der Waals surface area contributed by atoms with E-state index in [-0.39, 0.29) is 57.4 Å². The van der Waals surface area contributed by atoms with Gasteiger partial charge in [-0.2, -0.15) is 8.42 Å². The molecular formula is C65H108O15S. The largest absolute Gasteiger partial charge is 0.459 e. The van der Waals surface area contributed by atoms with Gasteiger partial charge in [0.2, 0.25) is 0 Å². The van der Waals surface area contributed by atoms with Gasteiger partial charge in [-0.25, -0.2) is 4.79 Å². The lowest BCUT2D eigenvalue weighted by molar-refractivity contribution is -0.225. The van der Waals surface area contributed by atoms with Gasteiger partial charge in [-0.15, -0.1) is 0 Å². The molecule has 0 amide bonds. The van der Waals surface area contributed by atoms with Gasteiger partial charge in [0.05, 0.1) is 33.4 Å². The average Bonchev–Trinajstić information content (AvgIpc) is 4.39. The molecule has 9 unspecified atom stereocenters. The van der Waals surface area contributed by atoms with Gasteiger partial charge < -0.3 is 33.5 Å². The summed E-state index contributed by atoms with van der Waals surface area (Å²) in [6.45, 7) is 33.5. The lowest BCUT2D eigenvalue weighted by atomic mass is 9.45.